The third kappa shape index (κ3) is 2.31. The maximum absolute atomic E-state index is 3.62. The highest BCUT2D eigenvalue weighted by Gasteiger charge is 2.32. The van der Waals surface area contributed by atoms with Gasteiger partial charge in [0.1, 0.15) is 0 Å². The maximum Gasteiger partial charge on any atom is 0.0357 e. The summed E-state index contributed by atoms with van der Waals surface area (Å²) in [6, 6.07) is 7.07. The molecule has 76 valence electrons. The zero-order valence-electron chi connectivity index (χ0n) is 8.06. The molecule has 0 radical (unpaired) electrons. The molecule has 1 saturated carbocycles. The lowest BCUT2D eigenvalue weighted by Crippen LogP contribution is -2.18. The fraction of sp³-hybridized carbons (Fsp3) is 0.455. The molecule has 0 saturated heterocycles. The normalized spacial score (nSPS) is 18.2. The van der Waals surface area contributed by atoms with E-state index in [2.05, 4.69) is 69.1 Å². The van der Waals surface area contributed by atoms with Gasteiger partial charge in [-0.3, -0.25) is 0 Å². The molecule has 1 aliphatic carbocycles. The fourth-order valence-corrected chi connectivity index (χ4v) is 2.84. The molecule has 1 atom stereocenters. The largest absolute Gasteiger partial charge is 0.313 e. The van der Waals surface area contributed by atoms with Crippen molar-refractivity contribution in [3.63, 3.8) is 0 Å². The first-order valence-corrected chi connectivity index (χ1v) is 6.71. The Balaban J connectivity index is 2.32. The molecule has 3 heteroatoms. The van der Waals surface area contributed by atoms with Crippen molar-refractivity contribution in [2.45, 2.75) is 18.9 Å². The average Bonchev–Trinajstić information content (AvgIpc) is 2.96. The monoisotopic (exact) mass is 365 g/mol. The number of rotatable bonds is 3. The number of benzene rings is 1. The van der Waals surface area contributed by atoms with Crippen LogP contribution >= 0.6 is 38.5 Å². The lowest BCUT2D eigenvalue weighted by molar-refractivity contribution is 0.526. The van der Waals surface area contributed by atoms with Crippen LogP contribution < -0.4 is 5.32 Å². The minimum Gasteiger partial charge on any atom is -0.313 e. The van der Waals surface area contributed by atoms with Crippen LogP contribution in [-0.4, -0.2) is 7.05 Å². The van der Waals surface area contributed by atoms with Gasteiger partial charge in [0.25, 0.3) is 0 Å². The summed E-state index contributed by atoms with van der Waals surface area (Å²) in [5, 5.41) is 3.42. The van der Waals surface area contributed by atoms with Crippen LogP contribution in [-0.2, 0) is 0 Å². The second kappa shape index (κ2) is 4.49. The van der Waals surface area contributed by atoms with Crippen molar-refractivity contribution in [3.05, 3.63) is 31.8 Å². The lowest BCUT2D eigenvalue weighted by Gasteiger charge is -2.17. The van der Waals surface area contributed by atoms with Crippen LogP contribution in [0.5, 0.6) is 0 Å². The summed E-state index contributed by atoms with van der Waals surface area (Å²) in [7, 11) is 2.05. The van der Waals surface area contributed by atoms with E-state index in [1.165, 1.54) is 26.4 Å². The lowest BCUT2D eigenvalue weighted by atomic mass is 10.0. The molecule has 2 rings (SSSR count). The van der Waals surface area contributed by atoms with Gasteiger partial charge in [0.2, 0.25) is 0 Å². The summed E-state index contributed by atoms with van der Waals surface area (Å²) in [4.78, 5) is 0. The zero-order chi connectivity index (χ0) is 10.1. The second-order valence-corrected chi connectivity index (χ2v) is 5.87. The first-order chi connectivity index (χ1) is 6.72. The quantitative estimate of drug-likeness (QED) is 0.805. The van der Waals surface area contributed by atoms with Crippen molar-refractivity contribution in [1.82, 2.24) is 5.32 Å². The van der Waals surface area contributed by atoms with Crippen molar-refractivity contribution in [2.75, 3.05) is 7.05 Å². The van der Waals surface area contributed by atoms with E-state index in [1.807, 2.05) is 0 Å². The van der Waals surface area contributed by atoms with Gasteiger partial charge in [-0.1, -0.05) is 15.9 Å². The molecule has 1 N–H and O–H groups in total. The molecule has 1 aromatic rings. The van der Waals surface area contributed by atoms with E-state index >= 15 is 0 Å². The Morgan fingerprint density at radius 2 is 2.21 bits per heavy atom. The van der Waals surface area contributed by atoms with E-state index in [9.17, 15) is 0 Å². The molecular weight excluding hydrogens is 353 g/mol. The fourth-order valence-electron chi connectivity index (χ4n) is 1.83. The molecule has 0 heterocycles. The highest BCUT2D eigenvalue weighted by atomic mass is 127. The Morgan fingerprint density at radius 3 is 2.79 bits per heavy atom. The first-order valence-electron chi connectivity index (χ1n) is 4.84. The van der Waals surface area contributed by atoms with Crippen molar-refractivity contribution >= 4 is 38.5 Å². The highest BCUT2D eigenvalue weighted by Crippen LogP contribution is 2.42. The van der Waals surface area contributed by atoms with Gasteiger partial charge in [0.15, 0.2) is 0 Å². The molecule has 0 amide bonds. The van der Waals surface area contributed by atoms with Crippen LogP contribution in [0.2, 0.25) is 0 Å². The van der Waals surface area contributed by atoms with Crippen molar-refractivity contribution in [2.24, 2.45) is 5.92 Å². The van der Waals surface area contributed by atoms with Crippen LogP contribution in [0.25, 0.3) is 0 Å². The number of hydrogen-bond acceptors (Lipinski definition) is 1. The number of halogens is 2. The highest BCUT2D eigenvalue weighted by molar-refractivity contribution is 14.1. The molecule has 0 aromatic heterocycles. The van der Waals surface area contributed by atoms with Gasteiger partial charge in [-0.05, 0) is 72.2 Å². The van der Waals surface area contributed by atoms with E-state index in [1.54, 1.807) is 0 Å². The zero-order valence-corrected chi connectivity index (χ0v) is 11.8. The van der Waals surface area contributed by atoms with Crippen molar-refractivity contribution < 1.29 is 0 Å². The Labute approximate surface area is 107 Å². The predicted molar refractivity (Wildman–Crippen MR) is 71.4 cm³/mol. The van der Waals surface area contributed by atoms with Crippen LogP contribution in [0, 0.1) is 9.49 Å². The van der Waals surface area contributed by atoms with E-state index in [-0.39, 0.29) is 0 Å². The van der Waals surface area contributed by atoms with E-state index < -0.39 is 0 Å². The van der Waals surface area contributed by atoms with Crippen LogP contribution in [0.1, 0.15) is 24.4 Å². The SMILES string of the molecule is CNC(c1cc(I)ccc1Br)C1CC1. The molecule has 1 aromatic carbocycles. The topological polar surface area (TPSA) is 12.0 Å². The van der Waals surface area contributed by atoms with Crippen LogP contribution in [0.15, 0.2) is 22.7 Å². The average molecular weight is 366 g/mol. The molecule has 1 unspecified atom stereocenters. The Hall–Kier alpha value is 0.390. The van der Waals surface area contributed by atoms with E-state index in [4.69, 9.17) is 0 Å². The Kier molecular flexibility index (Phi) is 3.50. The second-order valence-electron chi connectivity index (χ2n) is 3.77. The Morgan fingerprint density at radius 1 is 1.50 bits per heavy atom. The van der Waals surface area contributed by atoms with Gasteiger partial charge in [-0.2, -0.15) is 0 Å². The van der Waals surface area contributed by atoms with Gasteiger partial charge in [0, 0.05) is 14.1 Å². The maximum atomic E-state index is 3.62. The summed E-state index contributed by atoms with van der Waals surface area (Å²) in [5.74, 6) is 0.842. The molecule has 14 heavy (non-hydrogen) atoms. The summed E-state index contributed by atoms with van der Waals surface area (Å²) < 4.78 is 2.53. The molecular formula is C11H13BrIN. The predicted octanol–water partition coefficient (Wildman–Crippen LogP) is 3.72. The number of nitrogens with one attached hydrogen (secondary N) is 1. The summed E-state index contributed by atoms with van der Waals surface area (Å²) in [6.07, 6.45) is 2.73. The van der Waals surface area contributed by atoms with Gasteiger partial charge in [-0.15, -0.1) is 0 Å². The molecule has 0 spiro atoms. The van der Waals surface area contributed by atoms with Gasteiger partial charge in [0.05, 0.1) is 0 Å². The summed E-state index contributed by atoms with van der Waals surface area (Å²) >= 11 is 5.99. The summed E-state index contributed by atoms with van der Waals surface area (Å²) in [6.45, 7) is 0. The third-order valence-electron chi connectivity index (χ3n) is 2.70. The standard InChI is InChI=1S/C11H13BrIN/c1-14-11(7-2-3-7)9-6-8(13)4-5-10(9)12/h4-7,11,14H,2-3H2,1H3. The molecule has 1 fully saturated rings. The van der Waals surface area contributed by atoms with Gasteiger partial charge >= 0.3 is 0 Å². The van der Waals surface area contributed by atoms with Crippen LogP contribution in [0.4, 0.5) is 0 Å². The molecule has 0 aliphatic heterocycles. The molecule has 0 bridgehead atoms. The van der Waals surface area contributed by atoms with Gasteiger partial charge < -0.3 is 5.32 Å². The van der Waals surface area contributed by atoms with Gasteiger partial charge in [-0.25, -0.2) is 0 Å². The molecule has 1 nitrogen and oxygen atoms in total. The minimum absolute atomic E-state index is 0.527. The minimum atomic E-state index is 0.527. The van der Waals surface area contributed by atoms with E-state index in [0.717, 1.165) is 5.92 Å². The Bertz CT molecular complexity index is 336. The number of hydrogen-bond donors (Lipinski definition) is 1. The van der Waals surface area contributed by atoms with Crippen molar-refractivity contribution in [1.29, 1.82) is 0 Å². The van der Waals surface area contributed by atoms with Crippen molar-refractivity contribution in [3.8, 4) is 0 Å². The van der Waals surface area contributed by atoms with E-state index in [0.29, 0.717) is 6.04 Å². The molecule has 1 aliphatic rings. The van der Waals surface area contributed by atoms with Crippen LogP contribution in [0.3, 0.4) is 0 Å². The first kappa shape index (κ1) is 10.9. The third-order valence-corrected chi connectivity index (χ3v) is 4.09. The smallest absolute Gasteiger partial charge is 0.0357 e. The summed E-state index contributed by atoms with van der Waals surface area (Å²) in [5.41, 5.74) is 1.40.